The standard InChI is InChI=1S/C14H21BrN2O2S.ClH/c1-11-10-17(7-6-14(11)16)8-9-20(18,19)13-4-2-12(15)3-5-13;/h2-5,11,14H,6-10,16H2,1H3;1H. The molecule has 1 aliphatic rings. The summed E-state index contributed by atoms with van der Waals surface area (Å²) in [4.78, 5) is 2.59. The molecule has 2 unspecified atom stereocenters. The van der Waals surface area contributed by atoms with Gasteiger partial charge in [-0.3, -0.25) is 0 Å². The fraction of sp³-hybridized carbons (Fsp3) is 0.571. The van der Waals surface area contributed by atoms with E-state index in [-0.39, 0.29) is 24.2 Å². The van der Waals surface area contributed by atoms with Gasteiger partial charge in [0.1, 0.15) is 0 Å². The number of piperidine rings is 1. The third-order valence-electron chi connectivity index (χ3n) is 3.90. The lowest BCUT2D eigenvalue weighted by Gasteiger charge is -2.34. The number of nitrogens with zero attached hydrogens (tertiary/aromatic N) is 1. The third kappa shape index (κ3) is 5.21. The van der Waals surface area contributed by atoms with Gasteiger partial charge >= 0.3 is 0 Å². The van der Waals surface area contributed by atoms with Gasteiger partial charge in [0.25, 0.3) is 0 Å². The van der Waals surface area contributed by atoms with Crippen LogP contribution in [0, 0.1) is 5.92 Å². The molecule has 7 heteroatoms. The lowest BCUT2D eigenvalue weighted by Crippen LogP contribution is -2.47. The van der Waals surface area contributed by atoms with E-state index in [4.69, 9.17) is 5.73 Å². The number of rotatable bonds is 4. The number of sulfone groups is 1. The van der Waals surface area contributed by atoms with E-state index >= 15 is 0 Å². The Morgan fingerprint density at radius 1 is 1.33 bits per heavy atom. The van der Waals surface area contributed by atoms with Crippen LogP contribution in [0.4, 0.5) is 0 Å². The fourth-order valence-electron chi connectivity index (χ4n) is 2.46. The minimum Gasteiger partial charge on any atom is -0.327 e. The smallest absolute Gasteiger partial charge is 0.179 e. The van der Waals surface area contributed by atoms with Crippen LogP contribution in [0.2, 0.25) is 0 Å². The van der Waals surface area contributed by atoms with Crippen molar-refractivity contribution in [1.82, 2.24) is 4.90 Å². The van der Waals surface area contributed by atoms with Gasteiger partial charge in [-0.15, -0.1) is 12.4 Å². The molecule has 1 heterocycles. The Balaban J connectivity index is 0.00000220. The molecule has 2 N–H and O–H groups in total. The lowest BCUT2D eigenvalue weighted by atomic mass is 9.95. The van der Waals surface area contributed by atoms with E-state index < -0.39 is 9.84 Å². The molecular formula is C14H22BrClN2O2S. The van der Waals surface area contributed by atoms with Gasteiger partial charge in [0.15, 0.2) is 9.84 Å². The Morgan fingerprint density at radius 3 is 2.52 bits per heavy atom. The SMILES string of the molecule is CC1CN(CCS(=O)(=O)c2ccc(Br)cc2)CCC1N.Cl. The summed E-state index contributed by atoms with van der Waals surface area (Å²) in [5.41, 5.74) is 5.98. The van der Waals surface area contributed by atoms with E-state index in [1.54, 1.807) is 24.3 Å². The minimum absolute atomic E-state index is 0. The van der Waals surface area contributed by atoms with E-state index in [0.717, 1.165) is 24.0 Å². The highest BCUT2D eigenvalue weighted by Gasteiger charge is 2.24. The van der Waals surface area contributed by atoms with Crippen LogP contribution in [0.3, 0.4) is 0 Å². The molecule has 0 spiro atoms. The van der Waals surface area contributed by atoms with Gasteiger partial charge in [-0.1, -0.05) is 22.9 Å². The first kappa shape index (κ1) is 18.9. The average Bonchev–Trinajstić information content (AvgIpc) is 2.41. The van der Waals surface area contributed by atoms with Crippen molar-refractivity contribution in [2.45, 2.75) is 24.3 Å². The number of nitrogens with two attached hydrogens (primary N) is 1. The monoisotopic (exact) mass is 396 g/mol. The number of likely N-dealkylation sites (tertiary alicyclic amines) is 1. The predicted octanol–water partition coefficient (Wildman–Crippen LogP) is 2.31. The Morgan fingerprint density at radius 2 is 1.95 bits per heavy atom. The molecule has 2 rings (SSSR count). The largest absolute Gasteiger partial charge is 0.327 e. The van der Waals surface area contributed by atoms with Gasteiger partial charge in [-0.25, -0.2) is 8.42 Å². The van der Waals surface area contributed by atoms with Crippen molar-refractivity contribution < 1.29 is 8.42 Å². The maximum Gasteiger partial charge on any atom is 0.179 e. The molecule has 1 aromatic carbocycles. The second-order valence-corrected chi connectivity index (χ2v) is 8.53. The maximum absolute atomic E-state index is 12.3. The molecule has 4 nitrogen and oxygen atoms in total. The van der Waals surface area contributed by atoms with Crippen LogP contribution in [0.15, 0.2) is 33.6 Å². The molecule has 1 saturated heterocycles. The molecule has 1 aromatic rings. The second-order valence-electron chi connectivity index (χ2n) is 5.50. The number of hydrogen-bond acceptors (Lipinski definition) is 4. The molecule has 0 bridgehead atoms. The fourth-order valence-corrected chi connectivity index (χ4v) is 4.01. The highest BCUT2D eigenvalue weighted by Crippen LogP contribution is 2.18. The summed E-state index contributed by atoms with van der Waals surface area (Å²) in [7, 11) is -3.20. The Bertz CT molecular complexity index is 551. The summed E-state index contributed by atoms with van der Waals surface area (Å²) in [6.45, 7) is 4.48. The van der Waals surface area contributed by atoms with Crippen molar-refractivity contribution >= 4 is 38.2 Å². The van der Waals surface area contributed by atoms with Crippen LogP contribution in [-0.4, -0.2) is 44.7 Å². The first-order chi connectivity index (χ1) is 9.38. The zero-order valence-corrected chi connectivity index (χ0v) is 15.3. The summed E-state index contributed by atoms with van der Waals surface area (Å²) >= 11 is 3.31. The molecule has 0 aromatic heterocycles. The molecular weight excluding hydrogens is 376 g/mol. The van der Waals surface area contributed by atoms with Gasteiger partial charge in [0.2, 0.25) is 0 Å². The topological polar surface area (TPSA) is 63.4 Å². The zero-order chi connectivity index (χ0) is 14.8. The van der Waals surface area contributed by atoms with Crippen LogP contribution in [-0.2, 0) is 9.84 Å². The van der Waals surface area contributed by atoms with Crippen molar-refractivity contribution in [2.24, 2.45) is 11.7 Å². The van der Waals surface area contributed by atoms with Gasteiger partial charge < -0.3 is 10.6 Å². The van der Waals surface area contributed by atoms with Gasteiger partial charge in [-0.05, 0) is 43.1 Å². The Hall–Kier alpha value is -0.140. The van der Waals surface area contributed by atoms with E-state index in [2.05, 4.69) is 27.8 Å². The van der Waals surface area contributed by atoms with Crippen LogP contribution in [0.5, 0.6) is 0 Å². The Kier molecular flexibility index (Phi) is 7.13. The lowest BCUT2D eigenvalue weighted by molar-refractivity contribution is 0.173. The first-order valence-electron chi connectivity index (χ1n) is 6.85. The molecule has 1 fully saturated rings. The van der Waals surface area contributed by atoms with Gasteiger partial charge in [0.05, 0.1) is 10.6 Å². The van der Waals surface area contributed by atoms with Crippen LogP contribution >= 0.6 is 28.3 Å². The molecule has 0 radical (unpaired) electrons. The molecule has 0 aliphatic carbocycles. The molecule has 2 atom stereocenters. The minimum atomic E-state index is -3.20. The molecule has 120 valence electrons. The normalized spacial score (nSPS) is 23.6. The van der Waals surface area contributed by atoms with E-state index in [1.807, 2.05) is 0 Å². The van der Waals surface area contributed by atoms with Crippen LogP contribution in [0.1, 0.15) is 13.3 Å². The van der Waals surface area contributed by atoms with E-state index in [0.29, 0.717) is 17.4 Å². The maximum atomic E-state index is 12.3. The van der Waals surface area contributed by atoms with Crippen molar-refractivity contribution in [3.05, 3.63) is 28.7 Å². The zero-order valence-electron chi connectivity index (χ0n) is 12.0. The summed E-state index contributed by atoms with van der Waals surface area (Å²) < 4.78 is 25.4. The van der Waals surface area contributed by atoms with Gasteiger partial charge in [-0.2, -0.15) is 0 Å². The van der Waals surface area contributed by atoms with Crippen molar-refractivity contribution in [3.63, 3.8) is 0 Å². The molecule has 0 saturated carbocycles. The Labute approximate surface area is 141 Å². The number of halogens is 2. The summed E-state index contributed by atoms with van der Waals surface area (Å²) in [6, 6.07) is 7.06. The van der Waals surface area contributed by atoms with Crippen LogP contribution < -0.4 is 5.73 Å². The number of hydrogen-bond donors (Lipinski definition) is 1. The summed E-state index contributed by atoms with van der Waals surface area (Å²) in [5, 5.41) is 0. The highest BCUT2D eigenvalue weighted by molar-refractivity contribution is 9.10. The molecule has 0 amide bonds. The second kappa shape index (κ2) is 7.92. The summed E-state index contributed by atoms with van der Waals surface area (Å²) in [6.07, 6.45) is 0.944. The highest BCUT2D eigenvalue weighted by atomic mass is 79.9. The quantitative estimate of drug-likeness (QED) is 0.847. The van der Waals surface area contributed by atoms with E-state index in [1.165, 1.54) is 0 Å². The molecule has 21 heavy (non-hydrogen) atoms. The molecule has 1 aliphatic heterocycles. The number of benzene rings is 1. The third-order valence-corrected chi connectivity index (χ3v) is 6.14. The van der Waals surface area contributed by atoms with Crippen molar-refractivity contribution in [2.75, 3.05) is 25.4 Å². The van der Waals surface area contributed by atoms with Crippen molar-refractivity contribution in [3.8, 4) is 0 Å². The van der Waals surface area contributed by atoms with Crippen molar-refractivity contribution in [1.29, 1.82) is 0 Å². The van der Waals surface area contributed by atoms with E-state index in [9.17, 15) is 8.42 Å². The van der Waals surface area contributed by atoms with Crippen LogP contribution in [0.25, 0.3) is 0 Å². The first-order valence-corrected chi connectivity index (χ1v) is 9.29. The van der Waals surface area contributed by atoms with Gasteiger partial charge in [0, 0.05) is 23.6 Å². The predicted molar refractivity (Wildman–Crippen MR) is 91.6 cm³/mol. The average molecular weight is 398 g/mol. The summed E-state index contributed by atoms with van der Waals surface area (Å²) in [5.74, 6) is 0.593.